The fourth-order valence-corrected chi connectivity index (χ4v) is 5.94. The van der Waals surface area contributed by atoms with Gasteiger partial charge in [-0.3, -0.25) is 13.9 Å². The molecule has 0 saturated carbocycles. The van der Waals surface area contributed by atoms with Gasteiger partial charge in [0, 0.05) is 25.6 Å². The summed E-state index contributed by atoms with van der Waals surface area (Å²) in [4.78, 5) is 28.6. The van der Waals surface area contributed by atoms with Gasteiger partial charge in [-0.25, -0.2) is 12.8 Å². The second kappa shape index (κ2) is 13.8. The van der Waals surface area contributed by atoms with Gasteiger partial charge in [-0.05, 0) is 48.0 Å². The van der Waals surface area contributed by atoms with Crippen LogP contribution in [0.25, 0.3) is 0 Å². The maximum absolute atomic E-state index is 14.8. The number of likely N-dealkylation sites (N-methyl/N-ethyl adjacent to an activating group) is 1. The van der Waals surface area contributed by atoms with E-state index >= 15 is 0 Å². The molecule has 0 fully saturated rings. The highest BCUT2D eigenvalue weighted by molar-refractivity contribution is 7.92. The molecule has 0 unspecified atom stereocenters. The lowest BCUT2D eigenvalue weighted by molar-refractivity contribution is -0.139. The Kier molecular flexibility index (Phi) is 9.93. The molecule has 0 heterocycles. The van der Waals surface area contributed by atoms with Crippen LogP contribution < -0.4 is 14.4 Å². The van der Waals surface area contributed by atoms with E-state index in [2.05, 4.69) is 5.32 Å². The van der Waals surface area contributed by atoms with Gasteiger partial charge >= 0.3 is 0 Å². The molecule has 2 amide bonds. The molecule has 218 valence electrons. The van der Waals surface area contributed by atoms with Crippen molar-refractivity contribution in [2.45, 2.75) is 23.9 Å². The summed E-state index contributed by atoms with van der Waals surface area (Å²) in [5.41, 5.74) is 1.23. The van der Waals surface area contributed by atoms with E-state index in [9.17, 15) is 22.4 Å². The van der Waals surface area contributed by atoms with Crippen LogP contribution >= 0.6 is 0 Å². The molecule has 0 spiro atoms. The minimum Gasteiger partial charge on any atom is -0.497 e. The van der Waals surface area contributed by atoms with Crippen molar-refractivity contribution in [2.75, 3.05) is 25.0 Å². The topological polar surface area (TPSA) is 96.0 Å². The molecule has 4 aromatic carbocycles. The van der Waals surface area contributed by atoms with Gasteiger partial charge in [0.2, 0.25) is 11.8 Å². The Hall–Kier alpha value is -4.70. The zero-order valence-electron chi connectivity index (χ0n) is 23.3. The number of sulfonamides is 1. The Bertz CT molecular complexity index is 1600. The van der Waals surface area contributed by atoms with Crippen molar-refractivity contribution in [2.24, 2.45) is 0 Å². The summed E-state index contributed by atoms with van der Waals surface area (Å²) in [6, 6.07) is 28.1. The third kappa shape index (κ3) is 7.13. The molecule has 10 heteroatoms. The van der Waals surface area contributed by atoms with E-state index < -0.39 is 40.2 Å². The summed E-state index contributed by atoms with van der Waals surface area (Å²) < 4.78 is 48.8. The van der Waals surface area contributed by atoms with Gasteiger partial charge in [0.1, 0.15) is 24.2 Å². The predicted octanol–water partition coefficient (Wildman–Crippen LogP) is 4.42. The number of carbonyl (C=O) groups excluding carboxylic acids is 2. The molecule has 4 rings (SSSR count). The number of carbonyl (C=O) groups is 2. The van der Waals surface area contributed by atoms with Gasteiger partial charge in [0.25, 0.3) is 10.0 Å². The van der Waals surface area contributed by atoms with Gasteiger partial charge in [-0.1, -0.05) is 66.7 Å². The number of amides is 2. The third-order valence-corrected chi connectivity index (χ3v) is 8.57. The lowest BCUT2D eigenvalue weighted by Crippen LogP contribution is -2.53. The molecule has 0 radical (unpaired) electrons. The van der Waals surface area contributed by atoms with Crippen LogP contribution in [0, 0.1) is 5.82 Å². The Morgan fingerprint density at radius 1 is 0.857 bits per heavy atom. The van der Waals surface area contributed by atoms with E-state index in [-0.39, 0.29) is 29.1 Å². The SMILES string of the molecule is CNC(=O)[C@H](Cc1ccccc1)N(Cc1ccccc1F)C(=O)CN(c1ccccc1)S(=O)(=O)c1ccc(OC)cc1. The minimum absolute atomic E-state index is 0.0484. The number of benzene rings is 4. The van der Waals surface area contributed by atoms with Crippen LogP contribution in [0.2, 0.25) is 0 Å². The van der Waals surface area contributed by atoms with Crippen LogP contribution in [0.5, 0.6) is 5.75 Å². The van der Waals surface area contributed by atoms with Crippen LogP contribution in [0.1, 0.15) is 11.1 Å². The van der Waals surface area contributed by atoms with Gasteiger partial charge in [-0.15, -0.1) is 0 Å². The first-order valence-electron chi connectivity index (χ1n) is 13.2. The van der Waals surface area contributed by atoms with Gasteiger partial charge < -0.3 is 15.0 Å². The molecule has 8 nitrogen and oxygen atoms in total. The van der Waals surface area contributed by atoms with Crippen molar-refractivity contribution in [3.63, 3.8) is 0 Å². The van der Waals surface area contributed by atoms with Crippen LogP contribution in [0.4, 0.5) is 10.1 Å². The van der Waals surface area contributed by atoms with Crippen molar-refractivity contribution in [1.82, 2.24) is 10.2 Å². The minimum atomic E-state index is -4.24. The number of ether oxygens (including phenoxy) is 1. The van der Waals surface area contributed by atoms with Crippen molar-refractivity contribution < 1.29 is 27.1 Å². The first-order valence-corrected chi connectivity index (χ1v) is 14.7. The summed E-state index contributed by atoms with van der Waals surface area (Å²) in [5, 5.41) is 2.60. The van der Waals surface area contributed by atoms with Gasteiger partial charge in [-0.2, -0.15) is 0 Å². The molecule has 0 aliphatic carbocycles. The highest BCUT2D eigenvalue weighted by atomic mass is 32.2. The van der Waals surface area contributed by atoms with E-state index in [1.165, 1.54) is 61.5 Å². The summed E-state index contributed by atoms with van der Waals surface area (Å²) in [6.45, 7) is -0.878. The smallest absolute Gasteiger partial charge is 0.264 e. The number of hydrogen-bond acceptors (Lipinski definition) is 5. The lowest BCUT2D eigenvalue weighted by Gasteiger charge is -2.33. The molecule has 0 aliphatic heterocycles. The number of rotatable bonds is 12. The monoisotopic (exact) mass is 589 g/mol. The lowest BCUT2D eigenvalue weighted by atomic mass is 10.0. The molecular weight excluding hydrogens is 557 g/mol. The molecule has 0 aromatic heterocycles. The fourth-order valence-electron chi connectivity index (χ4n) is 4.53. The number of methoxy groups -OCH3 is 1. The van der Waals surface area contributed by atoms with E-state index in [0.717, 1.165) is 9.87 Å². The van der Waals surface area contributed by atoms with Gasteiger partial charge in [0.05, 0.1) is 17.7 Å². The molecule has 1 atom stereocenters. The van der Waals surface area contributed by atoms with Crippen molar-refractivity contribution >= 4 is 27.5 Å². The van der Waals surface area contributed by atoms with E-state index in [4.69, 9.17) is 4.74 Å². The maximum Gasteiger partial charge on any atom is 0.264 e. The summed E-state index contributed by atoms with van der Waals surface area (Å²) in [5.74, 6) is -1.21. The maximum atomic E-state index is 14.8. The Morgan fingerprint density at radius 3 is 2.05 bits per heavy atom. The van der Waals surface area contributed by atoms with Crippen molar-refractivity contribution in [1.29, 1.82) is 0 Å². The highest BCUT2D eigenvalue weighted by Crippen LogP contribution is 2.26. The molecule has 0 bridgehead atoms. The molecular formula is C32H32FN3O5S. The van der Waals surface area contributed by atoms with E-state index in [1.54, 1.807) is 36.4 Å². The first kappa shape index (κ1) is 30.3. The average molecular weight is 590 g/mol. The second-order valence-electron chi connectivity index (χ2n) is 9.46. The summed E-state index contributed by atoms with van der Waals surface area (Å²) in [7, 11) is -1.32. The predicted molar refractivity (Wildman–Crippen MR) is 159 cm³/mol. The van der Waals surface area contributed by atoms with Gasteiger partial charge in [0.15, 0.2) is 0 Å². The number of hydrogen-bond donors (Lipinski definition) is 1. The van der Waals surface area contributed by atoms with Crippen LogP contribution in [0.15, 0.2) is 114 Å². The molecule has 4 aromatic rings. The molecule has 0 saturated heterocycles. The Labute approximate surface area is 245 Å². The van der Waals surface area contributed by atoms with E-state index in [1.807, 2.05) is 30.3 Å². The quantitative estimate of drug-likeness (QED) is 0.264. The number of para-hydroxylation sites is 1. The molecule has 1 N–H and O–H groups in total. The largest absolute Gasteiger partial charge is 0.497 e. The van der Waals surface area contributed by atoms with Crippen molar-refractivity contribution in [3.8, 4) is 5.75 Å². The first-order chi connectivity index (χ1) is 20.2. The third-order valence-electron chi connectivity index (χ3n) is 6.79. The van der Waals surface area contributed by atoms with Crippen LogP contribution in [-0.2, 0) is 32.6 Å². The number of nitrogens with one attached hydrogen (secondary N) is 1. The van der Waals surface area contributed by atoms with Crippen LogP contribution in [-0.4, -0.2) is 51.9 Å². The highest BCUT2D eigenvalue weighted by Gasteiger charge is 2.34. The number of anilines is 1. The normalized spacial score (nSPS) is 11.8. The fraction of sp³-hybridized carbons (Fsp3) is 0.188. The summed E-state index contributed by atoms with van der Waals surface area (Å²) in [6.07, 6.45) is 0.136. The van der Waals surface area contributed by atoms with Crippen molar-refractivity contribution in [3.05, 3.63) is 126 Å². The number of halogens is 1. The molecule has 0 aliphatic rings. The zero-order chi connectivity index (χ0) is 30.1. The Morgan fingerprint density at radius 2 is 1.45 bits per heavy atom. The molecule has 42 heavy (non-hydrogen) atoms. The standard InChI is InChI=1S/C32H32FN3O5S/c1-34-32(38)30(21-24-11-5-3-6-12-24)35(22-25-13-9-10-16-29(25)33)31(37)23-36(26-14-7-4-8-15-26)42(39,40)28-19-17-27(41-2)18-20-28/h3-20,30H,21-23H2,1-2H3,(H,34,38)/t30-/m0/s1. The summed E-state index contributed by atoms with van der Waals surface area (Å²) >= 11 is 0. The average Bonchev–Trinajstić information content (AvgIpc) is 3.02. The second-order valence-corrected chi connectivity index (χ2v) is 11.3. The van der Waals surface area contributed by atoms with Crippen LogP contribution in [0.3, 0.4) is 0 Å². The zero-order valence-corrected chi connectivity index (χ0v) is 24.1. The Balaban J connectivity index is 1.77. The van der Waals surface area contributed by atoms with E-state index in [0.29, 0.717) is 5.75 Å². The number of nitrogens with zero attached hydrogens (tertiary/aromatic N) is 2.